The zero-order valence-electron chi connectivity index (χ0n) is 17.4. The third-order valence-electron chi connectivity index (χ3n) is 6.43. The highest BCUT2D eigenvalue weighted by molar-refractivity contribution is 14.0. The summed E-state index contributed by atoms with van der Waals surface area (Å²) in [6.45, 7) is 4.26. The maximum atomic E-state index is 12.8. The number of carbonyl (C=O) groups excluding carboxylic acids is 1. The Bertz CT molecular complexity index is 522. The Hall–Kier alpha value is -0.220. The normalized spacial score (nSPS) is 25.9. The second kappa shape index (κ2) is 11.8. The van der Waals surface area contributed by atoms with Gasteiger partial charge in [-0.2, -0.15) is 11.8 Å². The third kappa shape index (κ3) is 6.39. The molecular formula is C20H37IN4O2S. The zero-order chi connectivity index (χ0) is 19.1. The van der Waals surface area contributed by atoms with Crippen molar-refractivity contribution in [2.45, 2.75) is 62.2 Å². The van der Waals surface area contributed by atoms with Crippen LogP contribution < -0.4 is 10.6 Å². The fourth-order valence-corrected chi connectivity index (χ4v) is 5.31. The molecular weight excluding hydrogens is 487 g/mol. The number of carbonyl (C=O) groups is 1. The van der Waals surface area contributed by atoms with Crippen molar-refractivity contribution in [1.82, 2.24) is 15.5 Å². The van der Waals surface area contributed by atoms with Crippen LogP contribution in [-0.4, -0.2) is 73.7 Å². The van der Waals surface area contributed by atoms with Gasteiger partial charge in [0.15, 0.2) is 5.96 Å². The largest absolute Gasteiger partial charge is 0.381 e. The lowest BCUT2D eigenvalue weighted by Crippen LogP contribution is -2.50. The van der Waals surface area contributed by atoms with Gasteiger partial charge in [0.25, 0.3) is 0 Å². The molecule has 0 aromatic carbocycles. The van der Waals surface area contributed by atoms with E-state index in [-0.39, 0.29) is 34.6 Å². The SMILES string of the molecule is CN=C(NCC1(SC)CCOCC1)NC1CCN(C(=O)C2CCCCC2)C1.I. The molecule has 2 saturated heterocycles. The number of halogens is 1. The Labute approximate surface area is 191 Å². The first-order valence-corrected chi connectivity index (χ1v) is 11.8. The van der Waals surface area contributed by atoms with Crippen LogP contribution in [0.1, 0.15) is 51.4 Å². The molecule has 2 aliphatic heterocycles. The van der Waals surface area contributed by atoms with Gasteiger partial charge in [-0.3, -0.25) is 9.79 Å². The Morgan fingerprint density at radius 2 is 1.93 bits per heavy atom. The van der Waals surface area contributed by atoms with Crippen molar-refractivity contribution in [3.05, 3.63) is 0 Å². The van der Waals surface area contributed by atoms with Crippen LogP contribution in [0.25, 0.3) is 0 Å². The molecule has 1 aliphatic carbocycles. The van der Waals surface area contributed by atoms with Gasteiger partial charge in [-0.1, -0.05) is 19.3 Å². The molecule has 0 radical (unpaired) electrons. The second-order valence-electron chi connectivity index (χ2n) is 8.17. The maximum absolute atomic E-state index is 12.8. The van der Waals surface area contributed by atoms with Crippen LogP contribution in [0, 0.1) is 5.92 Å². The molecule has 28 heavy (non-hydrogen) atoms. The minimum absolute atomic E-state index is 0. The summed E-state index contributed by atoms with van der Waals surface area (Å²) in [4.78, 5) is 19.2. The minimum atomic E-state index is 0. The Morgan fingerprint density at radius 3 is 2.57 bits per heavy atom. The molecule has 1 saturated carbocycles. The predicted molar refractivity (Wildman–Crippen MR) is 128 cm³/mol. The summed E-state index contributed by atoms with van der Waals surface area (Å²) >= 11 is 1.93. The van der Waals surface area contributed by atoms with Gasteiger partial charge in [-0.15, -0.1) is 24.0 Å². The number of guanidine groups is 1. The summed E-state index contributed by atoms with van der Waals surface area (Å²) in [5.41, 5.74) is 0. The lowest BCUT2D eigenvalue weighted by Gasteiger charge is -2.36. The van der Waals surface area contributed by atoms with Gasteiger partial charge in [0.2, 0.25) is 5.91 Å². The Kier molecular flexibility index (Phi) is 10.2. The number of nitrogens with one attached hydrogen (secondary N) is 2. The van der Waals surface area contributed by atoms with Crippen molar-refractivity contribution in [2.24, 2.45) is 10.9 Å². The van der Waals surface area contributed by atoms with Crippen LogP contribution in [0.2, 0.25) is 0 Å². The monoisotopic (exact) mass is 524 g/mol. The van der Waals surface area contributed by atoms with Gasteiger partial charge in [-0.05, 0) is 38.4 Å². The van der Waals surface area contributed by atoms with E-state index in [0.717, 1.165) is 70.9 Å². The molecule has 1 unspecified atom stereocenters. The van der Waals surface area contributed by atoms with Gasteiger partial charge in [-0.25, -0.2) is 0 Å². The predicted octanol–water partition coefficient (Wildman–Crippen LogP) is 2.86. The summed E-state index contributed by atoms with van der Waals surface area (Å²) in [6.07, 6.45) is 11.2. The van der Waals surface area contributed by atoms with Crippen molar-refractivity contribution in [2.75, 3.05) is 46.2 Å². The van der Waals surface area contributed by atoms with E-state index >= 15 is 0 Å². The molecule has 1 atom stereocenters. The van der Waals surface area contributed by atoms with E-state index in [9.17, 15) is 4.79 Å². The number of ether oxygens (including phenoxy) is 1. The van der Waals surface area contributed by atoms with Crippen LogP contribution in [0.15, 0.2) is 4.99 Å². The van der Waals surface area contributed by atoms with Crippen LogP contribution in [-0.2, 0) is 9.53 Å². The third-order valence-corrected chi connectivity index (χ3v) is 7.85. The van der Waals surface area contributed by atoms with Gasteiger partial charge in [0, 0.05) is 56.6 Å². The first-order chi connectivity index (χ1) is 13.2. The van der Waals surface area contributed by atoms with Gasteiger partial charge in [0.1, 0.15) is 0 Å². The number of likely N-dealkylation sites (tertiary alicyclic amines) is 1. The molecule has 3 aliphatic rings. The number of nitrogens with zero attached hydrogens (tertiary/aromatic N) is 2. The molecule has 0 bridgehead atoms. The van der Waals surface area contributed by atoms with E-state index in [0.29, 0.717) is 11.9 Å². The molecule has 6 nitrogen and oxygen atoms in total. The summed E-state index contributed by atoms with van der Waals surface area (Å²) in [6, 6.07) is 0.295. The number of hydrogen-bond acceptors (Lipinski definition) is 4. The summed E-state index contributed by atoms with van der Waals surface area (Å²) in [5, 5.41) is 7.06. The van der Waals surface area contributed by atoms with Gasteiger partial charge in [0.05, 0.1) is 0 Å². The first-order valence-electron chi connectivity index (χ1n) is 10.5. The van der Waals surface area contributed by atoms with E-state index in [4.69, 9.17) is 4.74 Å². The molecule has 0 aromatic heterocycles. The van der Waals surface area contributed by atoms with Crippen LogP contribution >= 0.6 is 35.7 Å². The molecule has 0 aromatic rings. The molecule has 0 spiro atoms. The van der Waals surface area contributed by atoms with Crippen molar-refractivity contribution in [1.29, 1.82) is 0 Å². The minimum Gasteiger partial charge on any atom is -0.381 e. The van der Waals surface area contributed by atoms with Crippen molar-refractivity contribution in [3.63, 3.8) is 0 Å². The van der Waals surface area contributed by atoms with E-state index in [1.54, 1.807) is 0 Å². The number of thioether (sulfide) groups is 1. The average molecular weight is 525 g/mol. The van der Waals surface area contributed by atoms with Crippen LogP contribution in [0.3, 0.4) is 0 Å². The second-order valence-corrected chi connectivity index (χ2v) is 9.45. The fourth-order valence-electron chi connectivity index (χ4n) is 4.52. The lowest BCUT2D eigenvalue weighted by atomic mass is 9.88. The quantitative estimate of drug-likeness (QED) is 0.329. The lowest BCUT2D eigenvalue weighted by molar-refractivity contribution is -0.135. The number of hydrogen-bond donors (Lipinski definition) is 2. The molecule has 2 N–H and O–H groups in total. The summed E-state index contributed by atoms with van der Waals surface area (Å²) in [7, 11) is 1.82. The zero-order valence-corrected chi connectivity index (χ0v) is 20.5. The van der Waals surface area contributed by atoms with Crippen molar-refractivity contribution < 1.29 is 9.53 Å². The summed E-state index contributed by atoms with van der Waals surface area (Å²) < 4.78 is 5.76. The Morgan fingerprint density at radius 1 is 1.21 bits per heavy atom. The molecule has 8 heteroatoms. The number of amides is 1. The van der Waals surface area contributed by atoms with Crippen LogP contribution in [0.4, 0.5) is 0 Å². The number of rotatable bonds is 5. The molecule has 3 fully saturated rings. The fraction of sp³-hybridized carbons (Fsp3) is 0.900. The van der Waals surface area contributed by atoms with Crippen molar-refractivity contribution in [3.8, 4) is 0 Å². The van der Waals surface area contributed by atoms with Gasteiger partial charge < -0.3 is 20.3 Å². The van der Waals surface area contributed by atoms with Crippen LogP contribution in [0.5, 0.6) is 0 Å². The van der Waals surface area contributed by atoms with E-state index in [2.05, 4.69) is 26.8 Å². The first kappa shape index (κ1) is 24.1. The topological polar surface area (TPSA) is 66.0 Å². The van der Waals surface area contributed by atoms with E-state index in [1.807, 2.05) is 18.8 Å². The van der Waals surface area contributed by atoms with E-state index < -0.39 is 0 Å². The summed E-state index contributed by atoms with van der Waals surface area (Å²) in [5.74, 6) is 1.50. The average Bonchev–Trinajstić information content (AvgIpc) is 3.20. The highest BCUT2D eigenvalue weighted by Crippen LogP contribution is 2.33. The standard InChI is InChI=1S/C20H36N4O2S.HI/c1-21-19(22-15-20(27-2)9-12-26-13-10-20)23-17-8-11-24(14-17)18(25)16-6-4-3-5-7-16;/h16-17H,3-15H2,1-2H3,(H2,21,22,23);1H. The van der Waals surface area contributed by atoms with E-state index in [1.165, 1.54) is 19.3 Å². The number of aliphatic imine (C=N–C) groups is 1. The highest BCUT2D eigenvalue weighted by Gasteiger charge is 2.34. The molecule has 162 valence electrons. The highest BCUT2D eigenvalue weighted by atomic mass is 127. The smallest absolute Gasteiger partial charge is 0.225 e. The molecule has 3 rings (SSSR count). The van der Waals surface area contributed by atoms with Gasteiger partial charge >= 0.3 is 0 Å². The maximum Gasteiger partial charge on any atom is 0.225 e. The molecule has 1 amide bonds. The van der Waals surface area contributed by atoms with Crippen molar-refractivity contribution >= 4 is 47.6 Å². The Balaban J connectivity index is 0.00000280. The molecule has 2 heterocycles.